The summed E-state index contributed by atoms with van der Waals surface area (Å²) in [7, 11) is 0. The highest BCUT2D eigenvalue weighted by molar-refractivity contribution is 7.99. The molecule has 150 valence electrons. The maximum absolute atomic E-state index is 12.3. The quantitative estimate of drug-likeness (QED) is 0.560. The summed E-state index contributed by atoms with van der Waals surface area (Å²) in [6, 6.07) is 16.6. The summed E-state index contributed by atoms with van der Waals surface area (Å²) in [4.78, 5) is 12.3. The Morgan fingerprint density at radius 2 is 1.93 bits per heavy atom. The molecule has 29 heavy (non-hydrogen) atoms. The summed E-state index contributed by atoms with van der Waals surface area (Å²) in [6.07, 6.45) is 4.71. The van der Waals surface area contributed by atoms with Gasteiger partial charge in [0.1, 0.15) is 5.82 Å². The first-order valence-corrected chi connectivity index (χ1v) is 11.2. The van der Waals surface area contributed by atoms with E-state index in [-0.39, 0.29) is 5.91 Å². The lowest BCUT2D eigenvalue weighted by Crippen LogP contribution is -2.12. The van der Waals surface area contributed by atoms with Crippen LogP contribution in [0.25, 0.3) is 0 Å². The minimum Gasteiger partial charge on any atom is -0.326 e. The van der Waals surface area contributed by atoms with Crippen LogP contribution in [0.1, 0.15) is 42.3 Å². The third-order valence-corrected chi connectivity index (χ3v) is 6.23. The first-order chi connectivity index (χ1) is 14.2. The maximum Gasteiger partial charge on any atom is 0.225 e. The first-order valence-electron chi connectivity index (χ1n) is 10.2. The van der Waals surface area contributed by atoms with E-state index in [0.29, 0.717) is 12.2 Å². The Balaban J connectivity index is 1.30. The summed E-state index contributed by atoms with van der Waals surface area (Å²) in [5, 5.41) is 12.6. The molecule has 5 nitrogen and oxygen atoms in total. The molecule has 2 aromatic carbocycles. The lowest BCUT2D eigenvalue weighted by atomic mass is 10.1. The van der Waals surface area contributed by atoms with E-state index in [4.69, 9.17) is 0 Å². The average molecular weight is 407 g/mol. The van der Waals surface area contributed by atoms with Crippen molar-refractivity contribution in [1.29, 1.82) is 0 Å². The summed E-state index contributed by atoms with van der Waals surface area (Å²) in [5.41, 5.74) is 4.92. The van der Waals surface area contributed by atoms with Gasteiger partial charge in [0, 0.05) is 30.8 Å². The van der Waals surface area contributed by atoms with Crippen LogP contribution in [0.4, 0.5) is 5.69 Å². The number of thioether (sulfide) groups is 1. The zero-order valence-electron chi connectivity index (χ0n) is 16.7. The van der Waals surface area contributed by atoms with Gasteiger partial charge in [0.25, 0.3) is 0 Å². The molecule has 0 radical (unpaired) electrons. The monoisotopic (exact) mass is 406 g/mol. The normalized spacial score (nSPS) is 12.7. The Hall–Kier alpha value is -2.60. The van der Waals surface area contributed by atoms with Crippen molar-refractivity contribution in [3.8, 4) is 0 Å². The van der Waals surface area contributed by atoms with Crippen molar-refractivity contribution in [3.63, 3.8) is 0 Å². The van der Waals surface area contributed by atoms with Gasteiger partial charge in [-0.2, -0.15) is 0 Å². The molecular formula is C23H26N4OS. The van der Waals surface area contributed by atoms with E-state index in [1.54, 1.807) is 11.8 Å². The number of nitrogens with zero attached hydrogens (tertiary/aromatic N) is 3. The minimum absolute atomic E-state index is 0.0440. The number of aryl methyl sites for hydroxylation is 2. The first kappa shape index (κ1) is 19.7. The molecule has 0 atom stereocenters. The molecule has 1 aliphatic rings. The Kier molecular flexibility index (Phi) is 6.30. The molecule has 1 aromatic heterocycles. The molecule has 0 saturated heterocycles. The lowest BCUT2D eigenvalue weighted by molar-refractivity contribution is -0.115. The molecule has 0 bridgehead atoms. The fourth-order valence-electron chi connectivity index (χ4n) is 3.76. The van der Waals surface area contributed by atoms with Crippen molar-refractivity contribution >= 4 is 23.4 Å². The fraction of sp³-hybridized carbons (Fsp3) is 0.348. The second-order valence-corrected chi connectivity index (χ2v) is 8.35. The summed E-state index contributed by atoms with van der Waals surface area (Å²) >= 11 is 1.59. The number of aromatic nitrogens is 3. The van der Waals surface area contributed by atoms with E-state index in [9.17, 15) is 4.79 Å². The van der Waals surface area contributed by atoms with Gasteiger partial charge in [-0.1, -0.05) is 48.2 Å². The van der Waals surface area contributed by atoms with Crippen LogP contribution in [0.2, 0.25) is 0 Å². The number of fused-ring (bicyclic) bond motifs is 1. The number of carbonyl (C=O) groups is 1. The van der Waals surface area contributed by atoms with Gasteiger partial charge in [-0.05, 0) is 55.0 Å². The fourth-order valence-corrected chi connectivity index (χ4v) is 4.72. The van der Waals surface area contributed by atoms with Crippen LogP contribution in [0.3, 0.4) is 0 Å². The van der Waals surface area contributed by atoms with Crippen LogP contribution in [0, 0.1) is 0 Å². The number of anilines is 1. The van der Waals surface area contributed by atoms with Gasteiger partial charge in [0.05, 0.1) is 0 Å². The van der Waals surface area contributed by atoms with Crippen molar-refractivity contribution in [2.75, 3.05) is 11.1 Å². The topological polar surface area (TPSA) is 59.8 Å². The van der Waals surface area contributed by atoms with Gasteiger partial charge >= 0.3 is 0 Å². The molecule has 1 N–H and O–H groups in total. The lowest BCUT2D eigenvalue weighted by Gasteiger charge is -2.09. The second kappa shape index (κ2) is 9.27. The SMILES string of the molecule is CCn1c(Cc2ccccc2)nnc1SCCC(=O)Nc1ccc2c(c1)CCC2. The van der Waals surface area contributed by atoms with Crippen LogP contribution < -0.4 is 5.32 Å². The van der Waals surface area contributed by atoms with Gasteiger partial charge < -0.3 is 9.88 Å². The molecule has 1 heterocycles. The molecule has 0 fully saturated rings. The van der Waals surface area contributed by atoms with Crippen LogP contribution >= 0.6 is 11.8 Å². The Morgan fingerprint density at radius 3 is 2.76 bits per heavy atom. The molecule has 4 rings (SSSR count). The number of hydrogen-bond donors (Lipinski definition) is 1. The number of rotatable bonds is 8. The zero-order chi connectivity index (χ0) is 20.1. The summed E-state index contributed by atoms with van der Waals surface area (Å²) < 4.78 is 2.13. The second-order valence-electron chi connectivity index (χ2n) is 7.29. The van der Waals surface area contributed by atoms with Crippen LogP contribution in [-0.4, -0.2) is 26.4 Å². The van der Waals surface area contributed by atoms with E-state index in [0.717, 1.165) is 42.5 Å². The third-order valence-electron chi connectivity index (χ3n) is 5.26. The van der Waals surface area contributed by atoms with Crippen molar-refractivity contribution in [2.45, 2.75) is 50.7 Å². The van der Waals surface area contributed by atoms with Gasteiger partial charge in [-0.15, -0.1) is 10.2 Å². The Morgan fingerprint density at radius 1 is 1.10 bits per heavy atom. The van der Waals surface area contributed by atoms with Gasteiger partial charge in [-0.3, -0.25) is 4.79 Å². The molecule has 3 aromatic rings. The molecule has 6 heteroatoms. The highest BCUT2D eigenvalue weighted by Crippen LogP contribution is 2.25. The van der Waals surface area contributed by atoms with E-state index in [1.165, 1.54) is 23.1 Å². The van der Waals surface area contributed by atoms with Crippen LogP contribution in [0.5, 0.6) is 0 Å². The standard InChI is InChI=1S/C23H26N4OS/c1-2-27-21(15-17-7-4-3-5-8-17)25-26-23(27)29-14-13-22(28)24-20-12-11-18-9-6-10-19(18)16-20/h3-5,7-8,11-12,16H,2,6,9-10,13-15H2,1H3,(H,24,28). The Labute approximate surface area is 175 Å². The largest absolute Gasteiger partial charge is 0.326 e. The smallest absolute Gasteiger partial charge is 0.225 e. The molecule has 1 aliphatic carbocycles. The minimum atomic E-state index is 0.0440. The predicted molar refractivity (Wildman–Crippen MR) is 117 cm³/mol. The van der Waals surface area contributed by atoms with E-state index < -0.39 is 0 Å². The van der Waals surface area contributed by atoms with Crippen molar-refractivity contribution in [2.24, 2.45) is 0 Å². The van der Waals surface area contributed by atoms with Crippen LogP contribution in [0.15, 0.2) is 53.7 Å². The molecular weight excluding hydrogens is 380 g/mol. The van der Waals surface area contributed by atoms with E-state index in [1.807, 2.05) is 24.3 Å². The third kappa shape index (κ3) is 4.88. The number of benzene rings is 2. The van der Waals surface area contributed by atoms with Crippen molar-refractivity contribution in [1.82, 2.24) is 14.8 Å². The van der Waals surface area contributed by atoms with Crippen molar-refractivity contribution < 1.29 is 4.79 Å². The number of carbonyl (C=O) groups excluding carboxylic acids is 1. The predicted octanol–water partition coefficient (Wildman–Crippen LogP) is 4.50. The Bertz CT molecular complexity index is 984. The number of amides is 1. The summed E-state index contributed by atoms with van der Waals surface area (Å²) in [6.45, 7) is 2.92. The van der Waals surface area contributed by atoms with Gasteiger partial charge in [0.15, 0.2) is 5.16 Å². The molecule has 0 saturated carbocycles. The van der Waals surface area contributed by atoms with Gasteiger partial charge in [-0.25, -0.2) is 0 Å². The molecule has 1 amide bonds. The number of nitrogens with one attached hydrogen (secondary N) is 1. The molecule has 0 unspecified atom stereocenters. The van der Waals surface area contributed by atoms with Gasteiger partial charge in [0.2, 0.25) is 5.91 Å². The summed E-state index contributed by atoms with van der Waals surface area (Å²) in [5.74, 6) is 1.69. The highest BCUT2D eigenvalue weighted by atomic mass is 32.2. The van der Waals surface area contributed by atoms with E-state index in [2.05, 4.69) is 51.3 Å². The highest BCUT2D eigenvalue weighted by Gasteiger charge is 2.14. The van der Waals surface area contributed by atoms with Crippen LogP contribution in [-0.2, 0) is 30.6 Å². The van der Waals surface area contributed by atoms with E-state index >= 15 is 0 Å². The average Bonchev–Trinajstić information content (AvgIpc) is 3.35. The molecule has 0 aliphatic heterocycles. The maximum atomic E-state index is 12.3. The molecule has 0 spiro atoms. The van der Waals surface area contributed by atoms with Crippen molar-refractivity contribution in [3.05, 3.63) is 71.0 Å². The zero-order valence-corrected chi connectivity index (χ0v) is 17.5. The number of hydrogen-bond acceptors (Lipinski definition) is 4.